The smallest absolute Gasteiger partial charge is 0.410 e. The lowest BCUT2D eigenvalue weighted by Gasteiger charge is -2.63. The molecule has 4 unspecified atom stereocenters. The van der Waals surface area contributed by atoms with Crippen molar-refractivity contribution in [3.63, 3.8) is 0 Å². The lowest BCUT2D eigenvalue weighted by atomic mass is 9.41. The van der Waals surface area contributed by atoms with Crippen LogP contribution in [0.3, 0.4) is 0 Å². The molecule has 0 bridgehead atoms. The predicted octanol–water partition coefficient (Wildman–Crippen LogP) is 6.47. The van der Waals surface area contributed by atoms with Gasteiger partial charge in [-0.05, 0) is 110 Å². The van der Waals surface area contributed by atoms with E-state index in [0.29, 0.717) is 23.8 Å². The maximum atomic E-state index is 13.2. The van der Waals surface area contributed by atoms with E-state index in [1.165, 1.54) is 12.8 Å². The van der Waals surface area contributed by atoms with Crippen molar-refractivity contribution in [2.45, 2.75) is 150 Å². The number of carbonyl (C=O) groups excluding carboxylic acids is 2. The van der Waals surface area contributed by atoms with Crippen LogP contribution >= 0.6 is 0 Å². The number of likely N-dealkylation sites (N-methyl/N-ethyl adjacent to an activating group) is 1. The average Bonchev–Trinajstić information content (AvgIpc) is 3.62. The predicted molar refractivity (Wildman–Crippen MR) is 187 cm³/mol. The normalized spacial score (nSPS) is 48.5. The highest BCUT2D eigenvalue weighted by molar-refractivity contribution is 5.69. The van der Waals surface area contributed by atoms with E-state index in [9.17, 15) is 14.7 Å². The molecule has 5 aliphatic carbocycles. The van der Waals surface area contributed by atoms with Gasteiger partial charge in [0, 0.05) is 43.1 Å². The first kappa shape index (κ1) is 34.5. The van der Waals surface area contributed by atoms with Crippen LogP contribution in [0.25, 0.3) is 0 Å². The Hall–Kier alpha value is -1.58. The Morgan fingerprint density at radius 3 is 2.31 bits per heavy atom. The molecule has 0 aromatic rings. The molecule has 8 aliphatic rings. The van der Waals surface area contributed by atoms with E-state index in [2.05, 4.69) is 60.7 Å². The summed E-state index contributed by atoms with van der Waals surface area (Å²) in [5.74, 6) is 1.77. The molecule has 0 radical (unpaired) electrons. The molecule has 2 amide bonds. The molecule has 9 heteroatoms. The van der Waals surface area contributed by atoms with Gasteiger partial charge in [-0.1, -0.05) is 55.4 Å². The summed E-state index contributed by atoms with van der Waals surface area (Å²) in [6.07, 6.45) is 8.11. The van der Waals surface area contributed by atoms with Gasteiger partial charge in [-0.15, -0.1) is 0 Å². The van der Waals surface area contributed by atoms with Crippen molar-refractivity contribution < 1.29 is 28.9 Å². The third-order valence-corrected chi connectivity index (χ3v) is 17.0. The van der Waals surface area contributed by atoms with Gasteiger partial charge in [0.1, 0.15) is 12.2 Å². The maximum absolute atomic E-state index is 13.2. The molecule has 3 aliphatic heterocycles. The number of hydrogen-bond donors (Lipinski definition) is 2. The molecule has 49 heavy (non-hydrogen) atoms. The largest absolute Gasteiger partial charge is 0.446 e. The van der Waals surface area contributed by atoms with Gasteiger partial charge in [0.15, 0.2) is 0 Å². The van der Waals surface area contributed by atoms with Crippen LogP contribution in [0.1, 0.15) is 113 Å². The van der Waals surface area contributed by atoms with E-state index in [1.54, 1.807) is 4.90 Å². The lowest BCUT2D eigenvalue weighted by Crippen LogP contribution is -2.62. The molecule has 2 N–H and O–H groups in total. The van der Waals surface area contributed by atoms with E-state index in [0.717, 1.165) is 77.7 Å². The fourth-order valence-electron chi connectivity index (χ4n) is 14.3. The molecule has 2 spiro atoms. The number of carbonyl (C=O) groups is 2. The summed E-state index contributed by atoms with van der Waals surface area (Å²) in [6.45, 7) is 22.4. The molecule has 8 fully saturated rings. The maximum Gasteiger partial charge on any atom is 0.410 e. The highest BCUT2D eigenvalue weighted by atomic mass is 16.6. The minimum atomic E-state index is -0.545. The average molecular weight is 684 g/mol. The first-order valence-corrected chi connectivity index (χ1v) is 20.1. The second-order valence-electron chi connectivity index (χ2n) is 19.5. The minimum absolute atomic E-state index is 0.0143. The highest BCUT2D eigenvalue weighted by Gasteiger charge is 2.84. The van der Waals surface area contributed by atoms with E-state index in [-0.39, 0.29) is 75.5 Å². The number of fused-ring (bicyclic) bond motifs is 4. The van der Waals surface area contributed by atoms with Crippen LogP contribution in [0.4, 0.5) is 9.59 Å². The van der Waals surface area contributed by atoms with Gasteiger partial charge in [0.05, 0.1) is 18.3 Å². The first-order valence-electron chi connectivity index (χ1n) is 20.1. The quantitative estimate of drug-likeness (QED) is 0.331. The van der Waals surface area contributed by atoms with Crippen molar-refractivity contribution in [3.8, 4) is 0 Å². The van der Waals surface area contributed by atoms with Gasteiger partial charge in [-0.3, -0.25) is 0 Å². The van der Waals surface area contributed by atoms with Gasteiger partial charge < -0.3 is 34.4 Å². The monoisotopic (exact) mass is 683 g/mol. The second-order valence-corrected chi connectivity index (χ2v) is 19.5. The van der Waals surface area contributed by atoms with Crippen LogP contribution in [0.2, 0.25) is 0 Å². The van der Waals surface area contributed by atoms with E-state index in [1.807, 2.05) is 4.90 Å². The third-order valence-electron chi connectivity index (χ3n) is 17.0. The molecule has 0 aromatic carbocycles. The molecule has 5 saturated carbocycles. The van der Waals surface area contributed by atoms with Crippen molar-refractivity contribution in [1.29, 1.82) is 0 Å². The van der Waals surface area contributed by atoms with Gasteiger partial charge >= 0.3 is 12.2 Å². The van der Waals surface area contributed by atoms with Crippen molar-refractivity contribution in [1.82, 2.24) is 15.1 Å². The van der Waals surface area contributed by atoms with Crippen LogP contribution in [0.15, 0.2) is 0 Å². The zero-order valence-corrected chi connectivity index (χ0v) is 31.6. The zero-order valence-electron chi connectivity index (χ0n) is 31.6. The number of amides is 2. The SMILES string of the molecule is CCNC1CN(C(=O)OC2CC[C@]34C[C@]35CC[C@]3(C)[C@@H]6C(OC([C@H](OC(=O)N7CCC7)C(C)C)C[C@H]6C)[C@H](O)[C@@]3(C)C5CC[C@H]4C2(C)C)C1. The van der Waals surface area contributed by atoms with Crippen molar-refractivity contribution in [2.24, 2.45) is 56.7 Å². The molecule has 8 rings (SSSR count). The fourth-order valence-corrected chi connectivity index (χ4v) is 14.3. The Bertz CT molecular complexity index is 1330. The van der Waals surface area contributed by atoms with Crippen LogP contribution in [-0.4, -0.2) is 96.4 Å². The Kier molecular flexibility index (Phi) is 8.07. The number of hydrogen-bond acceptors (Lipinski definition) is 7. The summed E-state index contributed by atoms with van der Waals surface area (Å²) >= 11 is 0. The van der Waals surface area contributed by atoms with Crippen molar-refractivity contribution >= 4 is 12.2 Å². The molecule has 276 valence electrons. The summed E-state index contributed by atoms with van der Waals surface area (Å²) in [7, 11) is 0. The van der Waals surface area contributed by atoms with E-state index < -0.39 is 6.10 Å². The summed E-state index contributed by atoms with van der Waals surface area (Å²) in [5, 5.41) is 16.1. The van der Waals surface area contributed by atoms with Crippen LogP contribution < -0.4 is 5.32 Å². The summed E-state index contributed by atoms with van der Waals surface area (Å²) < 4.78 is 19.5. The Labute approximate surface area is 294 Å². The topological polar surface area (TPSA) is 101 Å². The van der Waals surface area contributed by atoms with E-state index >= 15 is 0 Å². The van der Waals surface area contributed by atoms with Crippen LogP contribution in [-0.2, 0) is 14.2 Å². The summed E-state index contributed by atoms with van der Waals surface area (Å²) in [4.78, 5) is 29.8. The van der Waals surface area contributed by atoms with E-state index in [4.69, 9.17) is 14.2 Å². The zero-order chi connectivity index (χ0) is 34.9. The van der Waals surface area contributed by atoms with Crippen molar-refractivity contribution in [3.05, 3.63) is 0 Å². The number of likely N-dealkylation sites (tertiary alicyclic amines) is 2. The van der Waals surface area contributed by atoms with Gasteiger partial charge in [0.25, 0.3) is 0 Å². The second kappa shape index (κ2) is 11.5. The first-order chi connectivity index (χ1) is 23.1. The molecular formula is C40H65N3O6. The van der Waals surface area contributed by atoms with Crippen molar-refractivity contribution in [2.75, 3.05) is 32.7 Å². The summed E-state index contributed by atoms with van der Waals surface area (Å²) in [5.41, 5.74) is 0.184. The van der Waals surface area contributed by atoms with Gasteiger partial charge in [-0.2, -0.15) is 0 Å². The highest BCUT2D eigenvalue weighted by Crippen LogP contribution is 2.89. The third kappa shape index (κ3) is 4.58. The minimum Gasteiger partial charge on any atom is -0.446 e. The number of aliphatic hydroxyl groups excluding tert-OH is 1. The summed E-state index contributed by atoms with van der Waals surface area (Å²) in [6, 6.07) is 0.387. The van der Waals surface area contributed by atoms with Gasteiger partial charge in [0.2, 0.25) is 0 Å². The number of rotatable bonds is 6. The Balaban J connectivity index is 1.01. The molecule has 0 aromatic heterocycles. The number of nitrogens with one attached hydrogen (secondary N) is 1. The fraction of sp³-hybridized carbons (Fsp3) is 0.950. The Morgan fingerprint density at radius 1 is 0.959 bits per heavy atom. The van der Waals surface area contributed by atoms with Gasteiger partial charge in [-0.25, -0.2) is 9.59 Å². The Morgan fingerprint density at radius 2 is 1.65 bits per heavy atom. The van der Waals surface area contributed by atoms with Crippen LogP contribution in [0, 0.1) is 56.7 Å². The lowest BCUT2D eigenvalue weighted by molar-refractivity contribution is -0.186. The molecule has 3 heterocycles. The number of aliphatic hydroxyl groups is 1. The number of nitrogens with zero attached hydrogens (tertiary/aromatic N) is 2. The molecule has 9 nitrogen and oxygen atoms in total. The molecule has 3 saturated heterocycles. The standard InChI is InChI=1S/C40H65N3O6/c1-9-41-25-20-43(21-25)35(46)48-29-13-14-39-22-40(39)16-15-37(7)30-24(4)19-26(31(23(2)3)49-34(45)42-17-10-18-42)47-32(30)33(44)38(37,8)28(40)12-11-27(39)36(29,5)6/h23-33,41,44H,9-22H2,1-8H3/t24-,26?,27+,28?,29?,30+,31-,32?,33+,37-,38-,39-,40+/m1/s1. The molecular weight excluding hydrogens is 618 g/mol. The number of ether oxygens (including phenoxy) is 3. The van der Waals surface area contributed by atoms with Crippen LogP contribution in [0.5, 0.6) is 0 Å². The molecule has 13 atom stereocenters.